The van der Waals surface area contributed by atoms with E-state index in [0.29, 0.717) is 5.03 Å². The molecule has 1 heterocycles. The zero-order valence-corrected chi connectivity index (χ0v) is 10.4. The van der Waals surface area contributed by atoms with Gasteiger partial charge < -0.3 is 5.11 Å². The third kappa shape index (κ3) is 2.55. The van der Waals surface area contributed by atoms with Crippen molar-refractivity contribution in [3.8, 4) is 0 Å². The Bertz CT molecular complexity index is 569. The van der Waals surface area contributed by atoms with Crippen LogP contribution in [0, 0.1) is 0 Å². The number of fused-ring (bicyclic) bond motifs is 1. The van der Waals surface area contributed by atoms with Crippen molar-refractivity contribution in [3.05, 3.63) is 30.5 Å². The lowest BCUT2D eigenvalue weighted by atomic mass is 10.2. The van der Waals surface area contributed by atoms with Gasteiger partial charge in [-0.15, -0.1) is 0 Å². The summed E-state index contributed by atoms with van der Waals surface area (Å²) in [6, 6.07) is 7.51. The first-order valence-electron chi connectivity index (χ1n) is 5.13. The van der Waals surface area contributed by atoms with Crippen molar-refractivity contribution in [2.75, 3.05) is 0 Å². The molecule has 1 aromatic heterocycles. The van der Waals surface area contributed by atoms with Crippen LogP contribution in [0.3, 0.4) is 0 Å². The second-order valence-electron chi connectivity index (χ2n) is 4.11. The standard InChI is InChI=1S/C12H12N2O2S/c1-12(2,11(15)16)17-10-7-13-8-5-3-4-6-9(8)14-10/h3-7H,1-2H3,(H,15,16). The first kappa shape index (κ1) is 11.9. The number of aromatic nitrogens is 2. The Balaban J connectivity index is 2.34. The van der Waals surface area contributed by atoms with Crippen molar-refractivity contribution < 1.29 is 9.90 Å². The molecule has 1 N–H and O–H groups in total. The fourth-order valence-corrected chi connectivity index (χ4v) is 2.15. The maximum Gasteiger partial charge on any atom is 0.319 e. The fourth-order valence-electron chi connectivity index (χ4n) is 1.29. The van der Waals surface area contributed by atoms with E-state index in [1.54, 1.807) is 20.0 Å². The molecule has 0 aliphatic carbocycles. The molecule has 0 atom stereocenters. The molecule has 0 saturated carbocycles. The number of carboxylic acids is 1. The number of thioether (sulfide) groups is 1. The number of nitrogens with zero attached hydrogens (tertiary/aromatic N) is 2. The van der Waals surface area contributed by atoms with Gasteiger partial charge in [0, 0.05) is 0 Å². The van der Waals surface area contributed by atoms with Gasteiger partial charge in [-0.05, 0) is 26.0 Å². The van der Waals surface area contributed by atoms with Crippen LogP contribution in [0.15, 0.2) is 35.5 Å². The van der Waals surface area contributed by atoms with Gasteiger partial charge >= 0.3 is 5.97 Å². The van der Waals surface area contributed by atoms with Crippen molar-refractivity contribution in [1.29, 1.82) is 0 Å². The maximum absolute atomic E-state index is 11.0. The van der Waals surface area contributed by atoms with E-state index in [0.717, 1.165) is 11.0 Å². The number of benzene rings is 1. The minimum Gasteiger partial charge on any atom is -0.480 e. The van der Waals surface area contributed by atoms with Crippen LogP contribution in [0.25, 0.3) is 11.0 Å². The van der Waals surface area contributed by atoms with E-state index in [-0.39, 0.29) is 0 Å². The molecule has 0 spiro atoms. The summed E-state index contributed by atoms with van der Waals surface area (Å²) < 4.78 is -0.906. The lowest BCUT2D eigenvalue weighted by Crippen LogP contribution is -2.27. The molecule has 0 fully saturated rings. The molecule has 4 nitrogen and oxygen atoms in total. The van der Waals surface area contributed by atoms with Crippen LogP contribution in [0.2, 0.25) is 0 Å². The Morgan fingerprint density at radius 2 is 1.94 bits per heavy atom. The summed E-state index contributed by atoms with van der Waals surface area (Å²) in [5.41, 5.74) is 1.59. The van der Waals surface area contributed by atoms with Crippen LogP contribution < -0.4 is 0 Å². The maximum atomic E-state index is 11.0. The van der Waals surface area contributed by atoms with E-state index in [4.69, 9.17) is 5.11 Å². The Kier molecular flexibility index (Phi) is 3.02. The molecule has 0 saturated heterocycles. The lowest BCUT2D eigenvalue weighted by molar-refractivity contribution is -0.138. The van der Waals surface area contributed by atoms with Gasteiger partial charge in [0.05, 0.1) is 17.2 Å². The number of aliphatic carboxylic acids is 1. The molecule has 0 unspecified atom stereocenters. The molecule has 0 bridgehead atoms. The normalized spacial score (nSPS) is 11.6. The molecular formula is C12H12N2O2S. The van der Waals surface area contributed by atoms with Crippen LogP contribution in [0.5, 0.6) is 0 Å². The first-order valence-corrected chi connectivity index (χ1v) is 5.95. The third-order valence-corrected chi connectivity index (χ3v) is 3.39. The molecule has 0 radical (unpaired) electrons. The van der Waals surface area contributed by atoms with Crippen LogP contribution >= 0.6 is 11.8 Å². The topological polar surface area (TPSA) is 63.1 Å². The van der Waals surface area contributed by atoms with Gasteiger partial charge in [-0.1, -0.05) is 23.9 Å². The first-order chi connectivity index (χ1) is 7.99. The minimum atomic E-state index is -0.906. The predicted octanol–water partition coefficient (Wildman–Crippen LogP) is 2.59. The molecule has 1 aromatic carbocycles. The monoisotopic (exact) mass is 248 g/mol. The molecule has 5 heteroatoms. The van der Waals surface area contributed by atoms with E-state index in [9.17, 15) is 4.79 Å². The van der Waals surface area contributed by atoms with Gasteiger partial charge in [0.15, 0.2) is 0 Å². The van der Waals surface area contributed by atoms with Crippen molar-refractivity contribution in [1.82, 2.24) is 9.97 Å². The highest BCUT2D eigenvalue weighted by molar-refractivity contribution is 8.01. The smallest absolute Gasteiger partial charge is 0.319 e. The summed E-state index contributed by atoms with van der Waals surface area (Å²) in [6.45, 7) is 3.30. The van der Waals surface area contributed by atoms with Crippen LogP contribution in [-0.4, -0.2) is 25.8 Å². The molecule has 0 aliphatic heterocycles. The summed E-state index contributed by atoms with van der Waals surface area (Å²) in [7, 11) is 0. The Hall–Kier alpha value is -1.62. The Labute approximate surface area is 103 Å². The fraction of sp³-hybridized carbons (Fsp3) is 0.250. The number of hydrogen-bond acceptors (Lipinski definition) is 4. The lowest BCUT2D eigenvalue weighted by Gasteiger charge is -2.17. The highest BCUT2D eigenvalue weighted by atomic mass is 32.2. The van der Waals surface area contributed by atoms with Crippen molar-refractivity contribution in [3.63, 3.8) is 0 Å². The number of rotatable bonds is 3. The van der Waals surface area contributed by atoms with Crippen LogP contribution in [0.1, 0.15) is 13.8 Å². The largest absolute Gasteiger partial charge is 0.480 e. The average molecular weight is 248 g/mol. The summed E-state index contributed by atoms with van der Waals surface area (Å²) in [4.78, 5) is 19.6. The molecule has 0 amide bonds. The third-order valence-electron chi connectivity index (χ3n) is 2.30. The van der Waals surface area contributed by atoms with E-state index >= 15 is 0 Å². The Morgan fingerprint density at radius 3 is 2.59 bits per heavy atom. The van der Waals surface area contributed by atoms with E-state index in [2.05, 4.69) is 9.97 Å². The van der Waals surface area contributed by atoms with Gasteiger partial charge in [-0.3, -0.25) is 9.78 Å². The zero-order chi connectivity index (χ0) is 12.5. The van der Waals surface area contributed by atoms with E-state index < -0.39 is 10.7 Å². The molecular weight excluding hydrogens is 236 g/mol. The SMILES string of the molecule is CC(C)(Sc1cnc2ccccc2n1)C(=O)O. The molecule has 2 rings (SSSR count). The molecule has 17 heavy (non-hydrogen) atoms. The summed E-state index contributed by atoms with van der Waals surface area (Å²) in [5.74, 6) is -0.863. The number of carbonyl (C=O) groups is 1. The number of hydrogen-bond donors (Lipinski definition) is 1. The second kappa shape index (κ2) is 4.33. The van der Waals surface area contributed by atoms with Crippen LogP contribution in [0.4, 0.5) is 0 Å². The summed E-state index contributed by atoms with van der Waals surface area (Å²) >= 11 is 1.20. The van der Waals surface area contributed by atoms with Crippen LogP contribution in [-0.2, 0) is 4.79 Å². The summed E-state index contributed by atoms with van der Waals surface area (Å²) in [5, 5.41) is 9.67. The Morgan fingerprint density at radius 1 is 1.29 bits per heavy atom. The van der Waals surface area contributed by atoms with Gasteiger partial charge in [0.25, 0.3) is 0 Å². The zero-order valence-electron chi connectivity index (χ0n) is 9.54. The van der Waals surface area contributed by atoms with E-state index in [1.165, 1.54) is 11.8 Å². The number of carboxylic acid groups (broad SMARTS) is 1. The van der Waals surface area contributed by atoms with Gasteiger partial charge in [-0.25, -0.2) is 4.98 Å². The summed E-state index contributed by atoms with van der Waals surface area (Å²) in [6.07, 6.45) is 1.61. The average Bonchev–Trinajstić information content (AvgIpc) is 2.28. The second-order valence-corrected chi connectivity index (χ2v) is 5.76. The van der Waals surface area contributed by atoms with Gasteiger partial charge in [0.2, 0.25) is 0 Å². The molecule has 0 aliphatic rings. The number of para-hydroxylation sites is 2. The molecule has 2 aromatic rings. The quantitative estimate of drug-likeness (QED) is 0.846. The highest BCUT2D eigenvalue weighted by Gasteiger charge is 2.29. The van der Waals surface area contributed by atoms with Gasteiger partial charge in [-0.2, -0.15) is 0 Å². The van der Waals surface area contributed by atoms with Gasteiger partial charge in [0.1, 0.15) is 9.77 Å². The van der Waals surface area contributed by atoms with Crippen molar-refractivity contribution >= 4 is 28.8 Å². The highest BCUT2D eigenvalue weighted by Crippen LogP contribution is 2.31. The minimum absolute atomic E-state index is 0.621. The van der Waals surface area contributed by atoms with Crippen molar-refractivity contribution in [2.24, 2.45) is 0 Å². The predicted molar refractivity (Wildman–Crippen MR) is 67.1 cm³/mol. The molecule has 88 valence electrons. The van der Waals surface area contributed by atoms with Crippen molar-refractivity contribution in [2.45, 2.75) is 23.6 Å². The van der Waals surface area contributed by atoms with E-state index in [1.807, 2.05) is 24.3 Å².